The van der Waals surface area contributed by atoms with Crippen molar-refractivity contribution < 1.29 is 0 Å². The van der Waals surface area contributed by atoms with Gasteiger partial charge in [-0.05, 0) is 44.1 Å². The first kappa shape index (κ1) is 20.8. The predicted octanol–water partition coefficient (Wildman–Crippen LogP) is 3.82. The van der Waals surface area contributed by atoms with Gasteiger partial charge in [-0.2, -0.15) is 15.3 Å². The van der Waals surface area contributed by atoms with Gasteiger partial charge in [0.25, 0.3) is 0 Å². The molecule has 0 aliphatic carbocycles. The van der Waals surface area contributed by atoms with Crippen LogP contribution in [0.1, 0.15) is 29.3 Å². The number of rotatable bonds is 7. The molecule has 160 valence electrons. The zero-order valence-electron chi connectivity index (χ0n) is 17.9. The fourth-order valence-electron chi connectivity index (χ4n) is 3.42. The molecule has 4 rings (SSSR count). The Bertz CT molecular complexity index is 1190. The highest BCUT2D eigenvalue weighted by atomic mass is 32.1. The molecule has 0 atom stereocenters. The van der Waals surface area contributed by atoms with Gasteiger partial charge in [0.2, 0.25) is 0 Å². The van der Waals surface area contributed by atoms with Crippen molar-refractivity contribution in [2.75, 3.05) is 10.6 Å². The smallest absolute Gasteiger partial charge is 0.175 e. The minimum atomic E-state index is 0.491. The first-order valence-electron chi connectivity index (χ1n) is 10.2. The number of hydrogen-bond donors (Lipinski definition) is 2. The van der Waals surface area contributed by atoms with Crippen molar-refractivity contribution in [2.24, 2.45) is 0 Å². The summed E-state index contributed by atoms with van der Waals surface area (Å²) < 4.78 is 5.75. The number of nitrogens with zero attached hydrogens (tertiary/aromatic N) is 6. The van der Waals surface area contributed by atoms with Crippen LogP contribution in [0, 0.1) is 13.8 Å². The normalized spacial score (nSPS) is 10.9. The van der Waals surface area contributed by atoms with Crippen LogP contribution in [0.25, 0.3) is 0 Å². The lowest BCUT2D eigenvalue weighted by atomic mass is 10.1. The number of thiocarbonyl (C=S) groups is 1. The van der Waals surface area contributed by atoms with Gasteiger partial charge in [0.05, 0.1) is 43.1 Å². The summed E-state index contributed by atoms with van der Waals surface area (Å²) in [6.07, 6.45) is 9.30. The molecule has 0 spiro atoms. The van der Waals surface area contributed by atoms with Crippen molar-refractivity contribution in [3.8, 4) is 0 Å². The van der Waals surface area contributed by atoms with Gasteiger partial charge in [0.1, 0.15) is 0 Å². The van der Waals surface area contributed by atoms with E-state index in [0.29, 0.717) is 11.7 Å². The van der Waals surface area contributed by atoms with E-state index in [1.165, 1.54) is 11.1 Å². The van der Waals surface area contributed by atoms with E-state index in [4.69, 9.17) is 12.2 Å². The first-order valence-corrected chi connectivity index (χ1v) is 10.6. The van der Waals surface area contributed by atoms with Gasteiger partial charge in [-0.1, -0.05) is 24.3 Å². The van der Waals surface area contributed by atoms with Gasteiger partial charge in [-0.15, -0.1) is 0 Å². The SMILES string of the molecule is CCn1ncc(Cn2cc(NC(=S)Nc3cnn(Cc4ccccc4C)c3)cn2)c1C. The zero-order valence-corrected chi connectivity index (χ0v) is 18.7. The van der Waals surface area contributed by atoms with Crippen LogP contribution < -0.4 is 10.6 Å². The summed E-state index contributed by atoms with van der Waals surface area (Å²) in [5, 5.41) is 20.1. The van der Waals surface area contributed by atoms with E-state index < -0.39 is 0 Å². The van der Waals surface area contributed by atoms with E-state index in [9.17, 15) is 0 Å². The number of benzene rings is 1. The Balaban J connectivity index is 1.33. The second kappa shape index (κ2) is 9.13. The molecule has 0 amide bonds. The van der Waals surface area contributed by atoms with Crippen LogP contribution in [-0.4, -0.2) is 34.5 Å². The second-order valence-corrected chi connectivity index (χ2v) is 7.84. The minimum Gasteiger partial charge on any atom is -0.330 e. The van der Waals surface area contributed by atoms with Crippen molar-refractivity contribution >= 4 is 28.7 Å². The summed E-state index contributed by atoms with van der Waals surface area (Å²) in [7, 11) is 0. The number of hydrogen-bond acceptors (Lipinski definition) is 4. The second-order valence-electron chi connectivity index (χ2n) is 7.43. The zero-order chi connectivity index (χ0) is 21.8. The van der Waals surface area contributed by atoms with Crippen molar-refractivity contribution in [3.63, 3.8) is 0 Å². The summed E-state index contributed by atoms with van der Waals surface area (Å²) in [5.74, 6) is 0. The summed E-state index contributed by atoms with van der Waals surface area (Å²) in [6, 6.07) is 8.30. The molecule has 0 fully saturated rings. The third-order valence-electron chi connectivity index (χ3n) is 5.21. The van der Waals surface area contributed by atoms with Crippen LogP contribution >= 0.6 is 12.2 Å². The summed E-state index contributed by atoms with van der Waals surface area (Å²) in [4.78, 5) is 0. The topological polar surface area (TPSA) is 77.5 Å². The fourth-order valence-corrected chi connectivity index (χ4v) is 3.65. The molecule has 9 heteroatoms. The van der Waals surface area contributed by atoms with E-state index in [-0.39, 0.29) is 0 Å². The molecule has 3 heterocycles. The molecule has 0 saturated heterocycles. The van der Waals surface area contributed by atoms with E-state index in [2.05, 4.69) is 58.8 Å². The Kier molecular flexibility index (Phi) is 6.13. The van der Waals surface area contributed by atoms with Crippen molar-refractivity contribution in [3.05, 3.63) is 77.6 Å². The molecule has 0 unspecified atom stereocenters. The van der Waals surface area contributed by atoms with Gasteiger partial charge < -0.3 is 10.6 Å². The predicted molar refractivity (Wildman–Crippen MR) is 126 cm³/mol. The molecule has 0 bridgehead atoms. The number of aromatic nitrogens is 6. The maximum Gasteiger partial charge on any atom is 0.175 e. The molecule has 8 nitrogen and oxygen atoms in total. The third-order valence-corrected chi connectivity index (χ3v) is 5.42. The van der Waals surface area contributed by atoms with Crippen LogP contribution in [0.15, 0.2) is 55.2 Å². The largest absolute Gasteiger partial charge is 0.330 e. The summed E-state index contributed by atoms with van der Waals surface area (Å²) in [5.41, 5.74) is 6.46. The maximum absolute atomic E-state index is 5.45. The van der Waals surface area contributed by atoms with Crippen molar-refractivity contribution in [1.82, 2.24) is 29.3 Å². The van der Waals surface area contributed by atoms with Crippen LogP contribution in [0.4, 0.5) is 11.4 Å². The van der Waals surface area contributed by atoms with Gasteiger partial charge in [0.15, 0.2) is 5.11 Å². The molecular formula is C22H26N8S. The molecule has 1 aromatic carbocycles. The molecule has 2 N–H and O–H groups in total. The average Bonchev–Trinajstić information content (AvgIpc) is 3.46. The highest BCUT2D eigenvalue weighted by Gasteiger charge is 2.08. The molecule has 4 aromatic rings. The molecular weight excluding hydrogens is 408 g/mol. The fraction of sp³-hybridized carbons (Fsp3) is 0.273. The van der Waals surface area contributed by atoms with Gasteiger partial charge >= 0.3 is 0 Å². The maximum atomic E-state index is 5.45. The van der Waals surface area contributed by atoms with Crippen LogP contribution in [0.2, 0.25) is 0 Å². The summed E-state index contributed by atoms with van der Waals surface area (Å²) >= 11 is 5.45. The summed E-state index contributed by atoms with van der Waals surface area (Å²) in [6.45, 7) is 8.51. The Morgan fingerprint density at radius 1 is 0.871 bits per heavy atom. The van der Waals surface area contributed by atoms with Gasteiger partial charge in [-0.3, -0.25) is 14.0 Å². The Labute approximate surface area is 186 Å². The molecule has 0 aliphatic rings. The standard InChI is InChI=1S/C22H26N8S/c1-4-30-17(3)19(9-25-30)13-29-15-21(11-24-29)27-22(31)26-20-10-23-28(14-20)12-18-8-6-5-7-16(18)2/h5-11,14-15H,4,12-13H2,1-3H3,(H2,26,27,31). The van der Waals surface area contributed by atoms with Crippen LogP contribution in [0.3, 0.4) is 0 Å². The molecule has 31 heavy (non-hydrogen) atoms. The van der Waals surface area contributed by atoms with Gasteiger partial charge in [0, 0.05) is 30.2 Å². The first-order chi connectivity index (χ1) is 15.0. The van der Waals surface area contributed by atoms with E-state index >= 15 is 0 Å². The monoisotopic (exact) mass is 434 g/mol. The van der Waals surface area contributed by atoms with Gasteiger partial charge in [-0.25, -0.2) is 0 Å². The van der Waals surface area contributed by atoms with E-state index in [1.807, 2.05) is 44.8 Å². The van der Waals surface area contributed by atoms with E-state index in [1.54, 1.807) is 12.4 Å². The van der Waals surface area contributed by atoms with Crippen molar-refractivity contribution in [1.29, 1.82) is 0 Å². The third kappa shape index (κ3) is 5.00. The Morgan fingerprint density at radius 2 is 1.48 bits per heavy atom. The van der Waals surface area contributed by atoms with Crippen LogP contribution in [0.5, 0.6) is 0 Å². The van der Waals surface area contributed by atoms with E-state index in [0.717, 1.165) is 35.7 Å². The van der Waals surface area contributed by atoms with Crippen molar-refractivity contribution in [2.45, 2.75) is 40.4 Å². The average molecular weight is 435 g/mol. The lowest BCUT2D eigenvalue weighted by Crippen LogP contribution is -2.18. The molecule has 0 saturated carbocycles. The Hall–Kier alpha value is -3.46. The molecule has 0 radical (unpaired) electrons. The minimum absolute atomic E-state index is 0.491. The number of aryl methyl sites for hydroxylation is 2. The number of nitrogens with one attached hydrogen (secondary N) is 2. The molecule has 3 aromatic heterocycles. The highest BCUT2D eigenvalue weighted by Crippen LogP contribution is 2.14. The Morgan fingerprint density at radius 3 is 2.06 bits per heavy atom. The lowest BCUT2D eigenvalue weighted by molar-refractivity contribution is 0.633. The molecule has 0 aliphatic heterocycles. The number of anilines is 2. The highest BCUT2D eigenvalue weighted by molar-refractivity contribution is 7.80. The lowest BCUT2D eigenvalue weighted by Gasteiger charge is -2.07. The van der Waals surface area contributed by atoms with Crippen LogP contribution in [-0.2, 0) is 19.6 Å². The quantitative estimate of drug-likeness (QED) is 0.431.